The number of benzene rings is 2. The first-order valence-electron chi connectivity index (χ1n) is 5.89. The van der Waals surface area contributed by atoms with Crippen LogP contribution in [0.2, 0.25) is 0 Å². The van der Waals surface area contributed by atoms with Crippen LogP contribution in [0.25, 0.3) is 0 Å². The van der Waals surface area contributed by atoms with Gasteiger partial charge >= 0.3 is 5.97 Å². The normalized spacial score (nSPS) is 11.9. The molecule has 0 saturated heterocycles. The Morgan fingerprint density at radius 2 is 1.95 bits per heavy atom. The molecule has 0 heterocycles. The van der Waals surface area contributed by atoms with Gasteiger partial charge in [-0.2, -0.15) is 0 Å². The monoisotopic (exact) mass is 352 g/mol. The van der Waals surface area contributed by atoms with Crippen LogP contribution in [0.3, 0.4) is 0 Å². The predicted octanol–water partition coefficient (Wildman–Crippen LogP) is 4.16. The lowest BCUT2D eigenvalue weighted by Crippen LogP contribution is -2.11. The first kappa shape index (κ1) is 14.9. The van der Waals surface area contributed by atoms with E-state index in [0.717, 1.165) is 14.9 Å². The third-order valence-electron chi connectivity index (χ3n) is 2.66. The first-order valence-corrected chi connectivity index (χ1v) is 7.56. The molecule has 20 heavy (non-hydrogen) atoms. The number of carbonyl (C=O) groups excluding carboxylic acids is 1. The zero-order valence-corrected chi connectivity index (χ0v) is 13.1. The van der Waals surface area contributed by atoms with Crippen LogP contribution in [0.4, 0.5) is 0 Å². The molecule has 3 nitrogen and oxygen atoms in total. The summed E-state index contributed by atoms with van der Waals surface area (Å²) in [7, 11) is 1.38. The summed E-state index contributed by atoms with van der Waals surface area (Å²) in [6.07, 6.45) is 0. The lowest BCUT2D eigenvalue weighted by molar-refractivity contribution is -0.140. The van der Waals surface area contributed by atoms with Gasteiger partial charge in [0.2, 0.25) is 0 Å². The van der Waals surface area contributed by atoms with E-state index in [2.05, 4.69) is 15.9 Å². The van der Waals surface area contributed by atoms with Crippen LogP contribution in [0, 0.1) is 0 Å². The molecular weight excluding hydrogens is 340 g/mol. The van der Waals surface area contributed by atoms with Crippen molar-refractivity contribution in [1.82, 2.24) is 0 Å². The SMILES string of the molecule is COC(=O)C(Sc1ccc(O)cc1)c1cccc(Br)c1. The van der Waals surface area contributed by atoms with Crippen LogP contribution in [0.1, 0.15) is 10.8 Å². The number of aromatic hydroxyl groups is 1. The molecule has 0 amide bonds. The average Bonchev–Trinajstić information content (AvgIpc) is 2.46. The molecule has 1 N–H and O–H groups in total. The number of phenols is 1. The fourth-order valence-corrected chi connectivity index (χ4v) is 3.15. The number of carbonyl (C=O) groups is 1. The molecular formula is C15H13BrO3S. The van der Waals surface area contributed by atoms with Crippen LogP contribution < -0.4 is 0 Å². The summed E-state index contributed by atoms with van der Waals surface area (Å²) < 4.78 is 5.79. The van der Waals surface area contributed by atoms with Gasteiger partial charge in [-0.15, -0.1) is 11.8 Å². The smallest absolute Gasteiger partial charge is 0.323 e. The van der Waals surface area contributed by atoms with E-state index in [1.807, 2.05) is 24.3 Å². The summed E-state index contributed by atoms with van der Waals surface area (Å²) >= 11 is 4.79. The van der Waals surface area contributed by atoms with Gasteiger partial charge in [0.15, 0.2) is 0 Å². The molecule has 2 aromatic carbocycles. The number of thioether (sulfide) groups is 1. The minimum absolute atomic E-state index is 0.200. The molecule has 0 aliphatic heterocycles. The standard InChI is InChI=1S/C15H13BrO3S/c1-19-15(18)14(10-3-2-4-11(16)9-10)20-13-7-5-12(17)6-8-13/h2-9,14,17H,1H3. The Bertz CT molecular complexity index is 598. The number of hydrogen-bond donors (Lipinski definition) is 1. The summed E-state index contributed by atoms with van der Waals surface area (Å²) in [5, 5.41) is 8.85. The quantitative estimate of drug-likeness (QED) is 0.662. The van der Waals surface area contributed by atoms with E-state index in [1.54, 1.807) is 24.3 Å². The van der Waals surface area contributed by atoms with Gasteiger partial charge in [0.25, 0.3) is 0 Å². The largest absolute Gasteiger partial charge is 0.508 e. The van der Waals surface area contributed by atoms with Crippen molar-refractivity contribution in [3.8, 4) is 5.75 Å². The van der Waals surface area contributed by atoms with E-state index in [-0.39, 0.29) is 11.7 Å². The Morgan fingerprint density at radius 1 is 1.25 bits per heavy atom. The minimum atomic E-state index is -0.443. The topological polar surface area (TPSA) is 46.5 Å². The summed E-state index contributed by atoms with van der Waals surface area (Å²) in [6.45, 7) is 0. The second-order valence-corrected chi connectivity index (χ2v) is 6.16. The predicted molar refractivity (Wildman–Crippen MR) is 82.9 cm³/mol. The Hall–Kier alpha value is -1.46. The summed E-state index contributed by atoms with van der Waals surface area (Å²) in [5.41, 5.74) is 0.865. The van der Waals surface area contributed by atoms with Gasteiger partial charge < -0.3 is 9.84 Å². The number of halogens is 1. The summed E-state index contributed by atoms with van der Waals surface area (Å²) in [6, 6.07) is 14.3. The maximum atomic E-state index is 12.0. The number of ether oxygens (including phenoxy) is 1. The minimum Gasteiger partial charge on any atom is -0.508 e. The molecule has 0 spiro atoms. The fourth-order valence-electron chi connectivity index (χ4n) is 1.69. The van der Waals surface area contributed by atoms with E-state index >= 15 is 0 Å². The van der Waals surface area contributed by atoms with Gasteiger partial charge in [0.05, 0.1) is 7.11 Å². The zero-order chi connectivity index (χ0) is 14.5. The second kappa shape index (κ2) is 6.81. The first-order chi connectivity index (χ1) is 9.60. The Balaban J connectivity index is 2.28. The van der Waals surface area contributed by atoms with Crippen molar-refractivity contribution in [1.29, 1.82) is 0 Å². The maximum absolute atomic E-state index is 12.0. The van der Waals surface area contributed by atoms with Crippen molar-refractivity contribution >= 4 is 33.7 Å². The molecule has 0 aliphatic carbocycles. The van der Waals surface area contributed by atoms with Crippen molar-refractivity contribution in [2.45, 2.75) is 10.1 Å². The van der Waals surface area contributed by atoms with Crippen LogP contribution in [-0.2, 0) is 9.53 Å². The Labute approximate surface area is 130 Å². The van der Waals surface area contributed by atoms with E-state index < -0.39 is 5.25 Å². The number of esters is 1. The Morgan fingerprint density at radius 3 is 2.55 bits per heavy atom. The molecule has 1 unspecified atom stereocenters. The third kappa shape index (κ3) is 3.77. The van der Waals surface area contributed by atoms with E-state index in [1.165, 1.54) is 18.9 Å². The van der Waals surface area contributed by atoms with Crippen molar-refractivity contribution < 1.29 is 14.6 Å². The molecule has 0 fully saturated rings. The molecule has 5 heteroatoms. The van der Waals surface area contributed by atoms with Crippen LogP contribution in [0.15, 0.2) is 57.9 Å². The van der Waals surface area contributed by atoms with E-state index in [0.29, 0.717) is 0 Å². The molecule has 0 radical (unpaired) electrons. The molecule has 0 aliphatic rings. The number of rotatable bonds is 4. The fraction of sp³-hybridized carbons (Fsp3) is 0.133. The Kier molecular flexibility index (Phi) is 5.09. The number of hydrogen-bond acceptors (Lipinski definition) is 4. The maximum Gasteiger partial charge on any atom is 0.323 e. The molecule has 0 aromatic heterocycles. The highest BCUT2D eigenvalue weighted by molar-refractivity contribution is 9.10. The van der Waals surface area contributed by atoms with Crippen molar-refractivity contribution in [2.24, 2.45) is 0 Å². The molecule has 0 bridgehead atoms. The molecule has 1 atom stereocenters. The zero-order valence-electron chi connectivity index (χ0n) is 10.7. The van der Waals surface area contributed by atoms with Gasteiger partial charge in [-0.3, -0.25) is 4.79 Å². The van der Waals surface area contributed by atoms with Crippen LogP contribution in [-0.4, -0.2) is 18.2 Å². The number of phenolic OH excluding ortho intramolecular Hbond substituents is 1. The highest BCUT2D eigenvalue weighted by Crippen LogP contribution is 2.37. The van der Waals surface area contributed by atoms with E-state index in [4.69, 9.17) is 4.74 Å². The summed E-state index contributed by atoms with van der Waals surface area (Å²) in [4.78, 5) is 12.9. The van der Waals surface area contributed by atoms with Crippen molar-refractivity contribution in [3.05, 3.63) is 58.6 Å². The second-order valence-electron chi connectivity index (χ2n) is 4.07. The van der Waals surface area contributed by atoms with Gasteiger partial charge in [-0.25, -0.2) is 0 Å². The lowest BCUT2D eigenvalue weighted by Gasteiger charge is -2.15. The molecule has 2 aromatic rings. The van der Waals surface area contributed by atoms with Crippen molar-refractivity contribution in [3.63, 3.8) is 0 Å². The van der Waals surface area contributed by atoms with Crippen molar-refractivity contribution in [2.75, 3.05) is 7.11 Å². The molecule has 104 valence electrons. The van der Waals surface area contributed by atoms with Crippen LogP contribution >= 0.6 is 27.7 Å². The highest BCUT2D eigenvalue weighted by atomic mass is 79.9. The number of methoxy groups -OCH3 is 1. The molecule has 2 rings (SSSR count). The average molecular weight is 353 g/mol. The summed E-state index contributed by atoms with van der Waals surface area (Å²) in [5.74, 6) is -0.104. The van der Waals surface area contributed by atoms with Gasteiger partial charge in [-0.1, -0.05) is 28.1 Å². The van der Waals surface area contributed by atoms with Crippen LogP contribution in [0.5, 0.6) is 5.75 Å². The van der Waals surface area contributed by atoms with Gasteiger partial charge in [0.1, 0.15) is 11.0 Å². The molecule has 0 saturated carbocycles. The highest BCUT2D eigenvalue weighted by Gasteiger charge is 2.23. The third-order valence-corrected chi connectivity index (χ3v) is 4.40. The van der Waals surface area contributed by atoms with Gasteiger partial charge in [-0.05, 0) is 42.0 Å². The van der Waals surface area contributed by atoms with E-state index in [9.17, 15) is 9.90 Å². The van der Waals surface area contributed by atoms with Gasteiger partial charge in [0, 0.05) is 9.37 Å². The lowest BCUT2D eigenvalue weighted by atomic mass is 10.1.